The fourth-order valence-corrected chi connectivity index (χ4v) is 5.52. The number of nitrogens with one attached hydrogen (secondary N) is 2. The van der Waals surface area contributed by atoms with Crippen LogP contribution in [-0.2, 0) is 23.7 Å². The zero-order chi connectivity index (χ0) is 32.7. The van der Waals surface area contributed by atoms with Crippen LogP contribution in [0.15, 0.2) is 0 Å². The largest absolute Gasteiger partial charge is 0.394 e. The number of ether oxygens (including phenoxy) is 4. The molecule has 0 radical (unpaired) electrons. The van der Waals surface area contributed by atoms with Gasteiger partial charge >= 0.3 is 0 Å². The highest BCUT2D eigenvalue weighted by Crippen LogP contribution is 2.31. The van der Waals surface area contributed by atoms with Crippen LogP contribution in [-0.4, -0.2) is 177 Å². The number of nitrogens with two attached hydrogens (primary N) is 4. The third kappa shape index (κ3) is 9.20. The average molecular weight is 643 g/mol. The number of aliphatic hydroxyl groups is 8. The Morgan fingerprint density at radius 3 is 2.18 bits per heavy atom. The van der Waals surface area contributed by atoms with Crippen molar-refractivity contribution in [1.29, 1.82) is 0 Å². The quantitative estimate of drug-likeness (QED) is 0.0836. The second-order valence-corrected chi connectivity index (χ2v) is 11.6. The van der Waals surface area contributed by atoms with Crippen LogP contribution < -0.4 is 33.6 Å². The molecule has 0 aromatic heterocycles. The molecule has 258 valence electrons. The minimum absolute atomic E-state index is 0.0248. The Labute approximate surface area is 254 Å². The van der Waals surface area contributed by atoms with Gasteiger partial charge in [0.05, 0.1) is 49.7 Å². The summed E-state index contributed by atoms with van der Waals surface area (Å²) in [6.07, 6.45) is -15.6. The Balaban J connectivity index is 1.79. The monoisotopic (exact) mass is 642 g/mol. The lowest BCUT2D eigenvalue weighted by molar-refractivity contribution is -0.316. The van der Waals surface area contributed by atoms with Crippen molar-refractivity contribution in [2.75, 3.05) is 32.8 Å². The molecule has 1 amide bonds. The third-order valence-electron chi connectivity index (χ3n) is 8.15. The zero-order valence-electron chi connectivity index (χ0n) is 24.3. The van der Waals surface area contributed by atoms with Crippen LogP contribution in [0.2, 0.25) is 0 Å². The van der Waals surface area contributed by atoms with Crippen molar-refractivity contribution in [3.8, 4) is 0 Å². The van der Waals surface area contributed by atoms with E-state index in [4.69, 9.17) is 47.0 Å². The first-order valence-corrected chi connectivity index (χ1v) is 14.7. The highest BCUT2D eigenvalue weighted by Gasteiger charge is 2.51. The van der Waals surface area contributed by atoms with E-state index in [2.05, 4.69) is 10.6 Å². The van der Waals surface area contributed by atoms with Crippen LogP contribution >= 0.6 is 0 Å². The van der Waals surface area contributed by atoms with Gasteiger partial charge in [0.15, 0.2) is 12.6 Å². The molecule has 2 unspecified atom stereocenters. The maximum atomic E-state index is 12.7. The van der Waals surface area contributed by atoms with Crippen LogP contribution in [0.25, 0.3) is 0 Å². The Hall–Kier alpha value is -1.21. The average Bonchev–Trinajstić information content (AvgIpc) is 2.98. The molecule has 3 aliphatic rings. The van der Waals surface area contributed by atoms with E-state index in [9.17, 15) is 40.5 Å². The summed E-state index contributed by atoms with van der Waals surface area (Å²) in [5, 5.41) is 86.6. The first-order chi connectivity index (χ1) is 20.8. The van der Waals surface area contributed by atoms with Gasteiger partial charge in [0, 0.05) is 19.1 Å². The molecule has 3 rings (SSSR count). The molecule has 19 nitrogen and oxygen atoms in total. The number of hydrogen-bond acceptors (Lipinski definition) is 18. The van der Waals surface area contributed by atoms with Crippen molar-refractivity contribution in [2.45, 2.75) is 117 Å². The fraction of sp³-hybridized carbons (Fsp3) is 0.960. The Morgan fingerprint density at radius 1 is 0.886 bits per heavy atom. The molecule has 18 N–H and O–H groups in total. The van der Waals surface area contributed by atoms with Crippen molar-refractivity contribution in [3.63, 3.8) is 0 Å². The van der Waals surface area contributed by atoms with Gasteiger partial charge in [-0.15, -0.1) is 0 Å². The van der Waals surface area contributed by atoms with Crippen molar-refractivity contribution in [2.24, 2.45) is 22.9 Å². The molecule has 2 aliphatic heterocycles. The molecule has 2 heterocycles. The standard InChI is InChI=1S/C25H50N6O13/c26-2-1-13(35)23(40)31-12-3-10(27)21(20(39)22(12)44-25-19(38)17(29)18(37)16(8-33)42-25)43-24-11(28)4-14(36)15(41-24)6-30-5-9(34)7-32/h9-22,24-25,30,32-39H,1-8,26-29H2,(H,31,40)/t9?,10-,11+,12+,13-,14-,15+,16+,17-,18+,19+,20-,21?,22-,24+,25+/m0/s1. The maximum absolute atomic E-state index is 12.7. The fourth-order valence-electron chi connectivity index (χ4n) is 5.52. The van der Waals surface area contributed by atoms with Crippen LogP contribution in [0.4, 0.5) is 0 Å². The highest BCUT2D eigenvalue weighted by atomic mass is 16.7. The number of hydrogen-bond donors (Lipinski definition) is 14. The number of aliphatic hydroxyl groups excluding tert-OH is 8. The van der Waals surface area contributed by atoms with Crippen molar-refractivity contribution in [3.05, 3.63) is 0 Å². The first kappa shape index (κ1) is 37.2. The van der Waals surface area contributed by atoms with Crippen LogP contribution in [0, 0.1) is 0 Å². The summed E-state index contributed by atoms with van der Waals surface area (Å²) in [5.74, 6) is -0.813. The number of amides is 1. The SMILES string of the molecule is NCC[C@H](O)C(=O)N[C@@H]1C[C@H](N)C(O[C@H]2O[C@H](CNCC(O)CO)[C@@H](O)C[C@H]2N)[C@H](O)[C@H]1O[C@H]1O[C@H](CO)[C@@H](O)[C@H](N)[C@H]1O. The number of carbonyl (C=O) groups excluding carboxylic acids is 1. The normalized spacial score (nSPS) is 42.9. The minimum Gasteiger partial charge on any atom is -0.394 e. The lowest BCUT2D eigenvalue weighted by atomic mass is 9.83. The van der Waals surface area contributed by atoms with Gasteiger partial charge in [0.2, 0.25) is 5.91 Å². The Morgan fingerprint density at radius 2 is 1.55 bits per heavy atom. The van der Waals surface area contributed by atoms with Crippen LogP contribution in [0.5, 0.6) is 0 Å². The molecule has 19 heteroatoms. The van der Waals surface area contributed by atoms with Crippen molar-refractivity contribution in [1.82, 2.24) is 10.6 Å². The summed E-state index contributed by atoms with van der Waals surface area (Å²) < 4.78 is 23.4. The molecule has 0 aromatic rings. The van der Waals surface area contributed by atoms with Gasteiger partial charge in [-0.3, -0.25) is 4.79 Å². The molecular formula is C25H50N6O13. The van der Waals surface area contributed by atoms with Gasteiger partial charge in [-0.25, -0.2) is 0 Å². The van der Waals surface area contributed by atoms with E-state index in [1.807, 2.05) is 0 Å². The number of carbonyl (C=O) groups is 1. The van der Waals surface area contributed by atoms with Crippen LogP contribution in [0.3, 0.4) is 0 Å². The van der Waals surface area contributed by atoms with E-state index < -0.39 is 117 Å². The van der Waals surface area contributed by atoms with Gasteiger partial charge in [0.1, 0.15) is 42.7 Å². The molecule has 0 bridgehead atoms. The van der Waals surface area contributed by atoms with Gasteiger partial charge in [-0.1, -0.05) is 0 Å². The highest BCUT2D eigenvalue weighted by molar-refractivity contribution is 5.80. The van der Waals surface area contributed by atoms with Gasteiger partial charge < -0.3 is 93.4 Å². The summed E-state index contributed by atoms with van der Waals surface area (Å²) >= 11 is 0. The molecule has 44 heavy (non-hydrogen) atoms. The molecule has 1 aliphatic carbocycles. The second-order valence-electron chi connectivity index (χ2n) is 11.6. The van der Waals surface area contributed by atoms with Crippen molar-refractivity contribution >= 4 is 5.91 Å². The smallest absolute Gasteiger partial charge is 0.249 e. The molecule has 0 aromatic carbocycles. The molecule has 16 atom stereocenters. The van der Waals surface area contributed by atoms with E-state index in [1.54, 1.807) is 0 Å². The lowest BCUT2D eigenvalue weighted by Crippen LogP contribution is -2.69. The van der Waals surface area contributed by atoms with E-state index in [1.165, 1.54) is 0 Å². The molecule has 0 spiro atoms. The predicted molar refractivity (Wildman–Crippen MR) is 149 cm³/mol. The van der Waals surface area contributed by atoms with E-state index in [0.29, 0.717) is 0 Å². The van der Waals surface area contributed by atoms with E-state index in [0.717, 1.165) is 0 Å². The summed E-state index contributed by atoms with van der Waals surface area (Å²) in [7, 11) is 0. The first-order valence-electron chi connectivity index (χ1n) is 14.7. The summed E-state index contributed by atoms with van der Waals surface area (Å²) in [5.41, 5.74) is 23.9. The molecule has 3 fully saturated rings. The van der Waals surface area contributed by atoms with Crippen LogP contribution in [0.1, 0.15) is 19.3 Å². The Bertz CT molecular complexity index is 882. The zero-order valence-corrected chi connectivity index (χ0v) is 24.3. The minimum atomic E-state index is -1.62. The summed E-state index contributed by atoms with van der Waals surface area (Å²) in [4.78, 5) is 12.7. The maximum Gasteiger partial charge on any atom is 0.249 e. The molecule has 1 saturated carbocycles. The summed E-state index contributed by atoms with van der Waals surface area (Å²) in [6.45, 7) is -0.983. The molecular weight excluding hydrogens is 592 g/mol. The number of rotatable bonds is 14. The van der Waals surface area contributed by atoms with E-state index in [-0.39, 0.29) is 38.9 Å². The summed E-state index contributed by atoms with van der Waals surface area (Å²) in [6, 6.07) is -4.14. The van der Waals surface area contributed by atoms with Gasteiger partial charge in [-0.2, -0.15) is 0 Å². The second kappa shape index (κ2) is 17.1. The van der Waals surface area contributed by atoms with Crippen molar-refractivity contribution < 1.29 is 64.6 Å². The van der Waals surface area contributed by atoms with E-state index >= 15 is 0 Å². The topological polar surface area (TPSA) is 344 Å². The third-order valence-corrected chi connectivity index (χ3v) is 8.15. The van der Waals surface area contributed by atoms with Gasteiger partial charge in [0.25, 0.3) is 0 Å². The van der Waals surface area contributed by atoms with Gasteiger partial charge in [-0.05, 0) is 25.8 Å². The molecule has 2 saturated heterocycles. The predicted octanol–water partition coefficient (Wildman–Crippen LogP) is -8.44. The Kier molecular flexibility index (Phi) is 14.5. The lowest BCUT2D eigenvalue weighted by Gasteiger charge is -2.48.